The molecule has 2 rings (SSSR count). The van der Waals surface area contributed by atoms with E-state index in [1.807, 2.05) is 0 Å². The number of nitrogens with one attached hydrogen (secondary N) is 1. The summed E-state index contributed by atoms with van der Waals surface area (Å²) in [6.07, 6.45) is 4.08. The first-order valence-corrected chi connectivity index (χ1v) is 5.06. The smallest absolute Gasteiger partial charge is 0.180 e. The maximum atomic E-state index is 5.48. The van der Waals surface area contributed by atoms with E-state index >= 15 is 0 Å². The quantitative estimate of drug-likeness (QED) is 0.773. The molecule has 0 bridgehead atoms. The molecule has 1 unspecified atom stereocenters. The van der Waals surface area contributed by atoms with Crippen molar-refractivity contribution in [1.82, 2.24) is 10.3 Å². The summed E-state index contributed by atoms with van der Waals surface area (Å²) in [5.74, 6) is 0.833. The van der Waals surface area contributed by atoms with Gasteiger partial charge in [0, 0.05) is 26.7 Å². The van der Waals surface area contributed by atoms with Crippen LogP contribution in [0.2, 0.25) is 0 Å². The van der Waals surface area contributed by atoms with E-state index in [1.165, 1.54) is 6.39 Å². The van der Waals surface area contributed by atoms with Gasteiger partial charge in [-0.05, 0) is 0 Å². The lowest BCUT2D eigenvalue weighted by Crippen LogP contribution is -2.42. The summed E-state index contributed by atoms with van der Waals surface area (Å²) in [4.78, 5) is 3.85. The molecule has 0 aromatic carbocycles. The van der Waals surface area contributed by atoms with Crippen molar-refractivity contribution in [2.45, 2.75) is 18.6 Å². The first kappa shape index (κ1) is 10.6. The second-order valence-electron chi connectivity index (χ2n) is 3.76. The highest BCUT2D eigenvalue weighted by atomic mass is 16.5. The zero-order chi connectivity index (χ0) is 10.6. The van der Waals surface area contributed by atoms with Crippen molar-refractivity contribution in [3.05, 3.63) is 18.4 Å². The predicted molar refractivity (Wildman–Crippen MR) is 53.4 cm³/mol. The molecule has 1 saturated heterocycles. The van der Waals surface area contributed by atoms with Gasteiger partial charge in [0.25, 0.3) is 0 Å². The van der Waals surface area contributed by atoms with Crippen molar-refractivity contribution >= 4 is 0 Å². The second kappa shape index (κ2) is 4.74. The van der Waals surface area contributed by atoms with Crippen molar-refractivity contribution in [1.29, 1.82) is 0 Å². The molecule has 84 valence electrons. The molecule has 1 aromatic heterocycles. The number of rotatable bonds is 5. The van der Waals surface area contributed by atoms with Crippen molar-refractivity contribution in [3.63, 3.8) is 0 Å². The number of hydrogen-bond acceptors (Lipinski definition) is 5. The molecule has 0 amide bonds. The topological polar surface area (TPSA) is 56.5 Å². The highest BCUT2D eigenvalue weighted by Crippen LogP contribution is 2.21. The highest BCUT2D eigenvalue weighted by molar-refractivity contribution is 4.91. The molecule has 1 aliphatic heterocycles. The summed E-state index contributed by atoms with van der Waals surface area (Å²) in [6, 6.07) is 0. The summed E-state index contributed by atoms with van der Waals surface area (Å²) in [6.45, 7) is 2.88. The molecule has 1 aliphatic rings. The average molecular weight is 212 g/mol. The van der Waals surface area contributed by atoms with Crippen LogP contribution in [0.5, 0.6) is 0 Å². The van der Waals surface area contributed by atoms with Gasteiger partial charge in [-0.25, -0.2) is 4.98 Å². The minimum absolute atomic E-state index is 0.167. The third-order valence-electron chi connectivity index (χ3n) is 2.73. The van der Waals surface area contributed by atoms with Gasteiger partial charge in [-0.3, -0.25) is 0 Å². The largest absolute Gasteiger partial charge is 0.447 e. The molecule has 5 heteroatoms. The maximum Gasteiger partial charge on any atom is 0.180 e. The van der Waals surface area contributed by atoms with Crippen molar-refractivity contribution in [2.75, 3.05) is 26.9 Å². The molecule has 1 fully saturated rings. The number of oxazole rings is 1. The monoisotopic (exact) mass is 212 g/mol. The highest BCUT2D eigenvalue weighted by Gasteiger charge is 2.34. The summed E-state index contributed by atoms with van der Waals surface area (Å²) in [7, 11) is 1.73. The van der Waals surface area contributed by atoms with Crippen molar-refractivity contribution in [3.8, 4) is 0 Å². The van der Waals surface area contributed by atoms with Gasteiger partial charge in [0.2, 0.25) is 0 Å². The van der Waals surface area contributed by atoms with Gasteiger partial charge in [0.1, 0.15) is 11.4 Å². The van der Waals surface area contributed by atoms with Crippen LogP contribution in [-0.2, 0) is 16.0 Å². The van der Waals surface area contributed by atoms with Crippen LogP contribution in [0, 0.1) is 0 Å². The first-order chi connectivity index (χ1) is 7.35. The van der Waals surface area contributed by atoms with Gasteiger partial charge >= 0.3 is 0 Å². The van der Waals surface area contributed by atoms with Gasteiger partial charge in [-0.1, -0.05) is 0 Å². The molecular weight excluding hydrogens is 196 g/mol. The van der Waals surface area contributed by atoms with Crippen LogP contribution in [0.3, 0.4) is 0 Å². The number of nitrogens with zero attached hydrogens (tertiary/aromatic N) is 1. The van der Waals surface area contributed by atoms with Crippen LogP contribution in [0.4, 0.5) is 0 Å². The van der Waals surface area contributed by atoms with Crippen LogP contribution in [0.15, 0.2) is 17.0 Å². The Kier molecular flexibility index (Phi) is 3.35. The van der Waals surface area contributed by atoms with E-state index in [1.54, 1.807) is 13.3 Å². The normalized spacial score (nSPS) is 25.9. The Morgan fingerprint density at radius 1 is 1.67 bits per heavy atom. The number of hydrogen-bond donors (Lipinski definition) is 1. The Morgan fingerprint density at radius 2 is 2.60 bits per heavy atom. The SMILES string of the molecule is COC1(CNCc2cnco2)CCOC1. The van der Waals surface area contributed by atoms with E-state index in [-0.39, 0.29) is 5.60 Å². The Hall–Kier alpha value is -0.910. The standard InChI is InChI=1S/C10H16N2O3/c1-13-10(2-3-14-7-10)6-11-4-9-5-12-8-15-9/h5,8,11H,2-4,6-7H2,1H3. The fourth-order valence-corrected chi connectivity index (χ4v) is 1.70. The molecule has 15 heavy (non-hydrogen) atoms. The molecule has 1 N–H and O–H groups in total. The van der Waals surface area contributed by atoms with Crippen molar-refractivity contribution in [2.24, 2.45) is 0 Å². The summed E-state index contributed by atoms with van der Waals surface area (Å²) < 4.78 is 15.9. The first-order valence-electron chi connectivity index (χ1n) is 5.06. The Bertz CT molecular complexity index is 281. The number of methoxy groups -OCH3 is 1. The van der Waals surface area contributed by atoms with E-state index in [0.29, 0.717) is 13.2 Å². The third kappa shape index (κ3) is 2.56. The van der Waals surface area contributed by atoms with E-state index in [4.69, 9.17) is 13.9 Å². The summed E-state index contributed by atoms with van der Waals surface area (Å²) in [5, 5.41) is 3.28. The lowest BCUT2D eigenvalue weighted by atomic mass is 10.0. The number of aromatic nitrogens is 1. The van der Waals surface area contributed by atoms with Gasteiger partial charge in [0.05, 0.1) is 19.3 Å². The van der Waals surface area contributed by atoms with E-state index in [9.17, 15) is 0 Å². The van der Waals surface area contributed by atoms with Crippen LogP contribution >= 0.6 is 0 Å². The summed E-state index contributed by atoms with van der Waals surface area (Å²) in [5.41, 5.74) is -0.167. The zero-order valence-electron chi connectivity index (χ0n) is 8.86. The van der Waals surface area contributed by atoms with Crippen LogP contribution in [0.25, 0.3) is 0 Å². The van der Waals surface area contributed by atoms with Crippen LogP contribution in [-0.4, -0.2) is 37.5 Å². The fraction of sp³-hybridized carbons (Fsp3) is 0.700. The Morgan fingerprint density at radius 3 is 3.20 bits per heavy atom. The lowest BCUT2D eigenvalue weighted by molar-refractivity contribution is -0.0161. The molecule has 0 aliphatic carbocycles. The van der Waals surface area contributed by atoms with E-state index < -0.39 is 0 Å². The van der Waals surface area contributed by atoms with E-state index in [2.05, 4.69) is 10.3 Å². The third-order valence-corrected chi connectivity index (χ3v) is 2.73. The lowest BCUT2D eigenvalue weighted by Gasteiger charge is -2.25. The zero-order valence-corrected chi connectivity index (χ0v) is 8.86. The molecule has 5 nitrogen and oxygen atoms in total. The minimum atomic E-state index is -0.167. The average Bonchev–Trinajstić information content (AvgIpc) is 2.89. The molecule has 0 saturated carbocycles. The van der Waals surface area contributed by atoms with Gasteiger partial charge in [0.15, 0.2) is 6.39 Å². The van der Waals surface area contributed by atoms with Crippen molar-refractivity contribution < 1.29 is 13.9 Å². The fourth-order valence-electron chi connectivity index (χ4n) is 1.70. The minimum Gasteiger partial charge on any atom is -0.447 e. The molecule has 2 heterocycles. The van der Waals surface area contributed by atoms with Crippen LogP contribution in [0.1, 0.15) is 12.2 Å². The van der Waals surface area contributed by atoms with Crippen LogP contribution < -0.4 is 5.32 Å². The number of ether oxygens (including phenoxy) is 2. The maximum absolute atomic E-state index is 5.48. The van der Waals surface area contributed by atoms with Gasteiger partial charge in [-0.2, -0.15) is 0 Å². The Labute approximate surface area is 88.8 Å². The molecule has 0 spiro atoms. The van der Waals surface area contributed by atoms with E-state index in [0.717, 1.165) is 25.3 Å². The van der Waals surface area contributed by atoms with Gasteiger partial charge < -0.3 is 19.2 Å². The molecular formula is C10H16N2O3. The second-order valence-corrected chi connectivity index (χ2v) is 3.76. The Balaban J connectivity index is 1.77. The van der Waals surface area contributed by atoms with Gasteiger partial charge in [-0.15, -0.1) is 0 Å². The molecule has 0 radical (unpaired) electrons. The predicted octanol–water partition coefficient (Wildman–Crippen LogP) is 0.570. The summed E-state index contributed by atoms with van der Waals surface area (Å²) >= 11 is 0. The molecule has 1 atom stereocenters. The molecule has 1 aromatic rings.